The number of benzene rings is 1. The monoisotopic (exact) mass is 322 g/mol. The second-order valence-corrected chi connectivity index (χ2v) is 6.64. The summed E-state index contributed by atoms with van der Waals surface area (Å²) in [5, 5.41) is 14.5. The van der Waals surface area contributed by atoms with Crippen LogP contribution < -0.4 is 10.6 Å². The van der Waals surface area contributed by atoms with E-state index in [9.17, 15) is 4.79 Å². The van der Waals surface area contributed by atoms with Gasteiger partial charge in [0.05, 0.1) is 5.75 Å². The zero-order chi connectivity index (χ0) is 15.1. The van der Waals surface area contributed by atoms with Gasteiger partial charge in [0.2, 0.25) is 11.0 Å². The van der Waals surface area contributed by atoms with E-state index in [2.05, 4.69) is 39.9 Å². The third-order valence-corrected chi connectivity index (χ3v) is 5.00. The second kappa shape index (κ2) is 7.99. The molecule has 1 aromatic heterocycles. The molecular weight excluding hydrogens is 304 g/mol. The Morgan fingerprint density at radius 3 is 2.86 bits per heavy atom. The summed E-state index contributed by atoms with van der Waals surface area (Å²) in [6.45, 7) is 2.74. The molecule has 7 heteroatoms. The summed E-state index contributed by atoms with van der Waals surface area (Å²) in [6, 6.07) is 8.23. The fourth-order valence-electron chi connectivity index (χ4n) is 1.77. The van der Waals surface area contributed by atoms with Gasteiger partial charge in [-0.15, -0.1) is 10.2 Å². The molecule has 0 saturated heterocycles. The van der Waals surface area contributed by atoms with Crippen LogP contribution in [0.1, 0.15) is 11.1 Å². The van der Waals surface area contributed by atoms with Crippen molar-refractivity contribution < 1.29 is 4.79 Å². The van der Waals surface area contributed by atoms with Gasteiger partial charge < -0.3 is 10.6 Å². The van der Waals surface area contributed by atoms with Gasteiger partial charge >= 0.3 is 0 Å². The Balaban J connectivity index is 1.69. The minimum atomic E-state index is 0.0230. The van der Waals surface area contributed by atoms with Crippen LogP contribution in [0.3, 0.4) is 0 Å². The van der Waals surface area contributed by atoms with Gasteiger partial charge in [0.25, 0.3) is 0 Å². The van der Waals surface area contributed by atoms with E-state index < -0.39 is 0 Å². The van der Waals surface area contributed by atoms with Gasteiger partial charge in [0.15, 0.2) is 4.34 Å². The number of amides is 1. The minimum absolute atomic E-state index is 0.0230. The van der Waals surface area contributed by atoms with Gasteiger partial charge in [-0.2, -0.15) is 0 Å². The molecule has 0 aliphatic rings. The minimum Gasteiger partial charge on any atom is -0.363 e. The zero-order valence-corrected chi connectivity index (χ0v) is 13.7. The first-order valence-corrected chi connectivity index (χ1v) is 8.44. The van der Waals surface area contributed by atoms with E-state index in [4.69, 9.17) is 0 Å². The van der Waals surface area contributed by atoms with Gasteiger partial charge in [-0.3, -0.25) is 4.79 Å². The molecule has 2 rings (SSSR count). The van der Waals surface area contributed by atoms with E-state index in [0.717, 1.165) is 15.9 Å². The van der Waals surface area contributed by atoms with Crippen molar-refractivity contribution in [3.63, 3.8) is 0 Å². The largest absolute Gasteiger partial charge is 0.363 e. The number of thioether (sulfide) groups is 1. The molecule has 0 unspecified atom stereocenters. The van der Waals surface area contributed by atoms with Gasteiger partial charge in [-0.1, -0.05) is 47.4 Å². The molecule has 21 heavy (non-hydrogen) atoms. The highest BCUT2D eigenvalue weighted by molar-refractivity contribution is 8.01. The summed E-state index contributed by atoms with van der Waals surface area (Å²) in [7, 11) is 1.80. The molecule has 2 N–H and O–H groups in total. The molecule has 0 fully saturated rings. The number of aryl methyl sites for hydroxylation is 1. The summed E-state index contributed by atoms with van der Waals surface area (Å²) < 4.78 is 0.799. The van der Waals surface area contributed by atoms with Crippen molar-refractivity contribution >= 4 is 34.1 Å². The molecule has 0 radical (unpaired) electrons. The number of hydrogen-bond donors (Lipinski definition) is 2. The summed E-state index contributed by atoms with van der Waals surface area (Å²) in [5.74, 6) is 0.390. The molecular formula is C14H18N4OS2. The highest BCUT2D eigenvalue weighted by atomic mass is 32.2. The molecule has 1 aromatic carbocycles. The van der Waals surface area contributed by atoms with E-state index in [1.807, 2.05) is 12.1 Å². The van der Waals surface area contributed by atoms with Gasteiger partial charge in [0.1, 0.15) is 0 Å². The second-order valence-electron chi connectivity index (χ2n) is 4.44. The molecule has 1 heterocycles. The number of carbonyl (C=O) groups is 1. The third-order valence-electron chi connectivity index (χ3n) is 2.92. The topological polar surface area (TPSA) is 66.9 Å². The number of nitrogens with one attached hydrogen (secondary N) is 2. The van der Waals surface area contributed by atoms with Crippen LogP contribution in [-0.2, 0) is 11.2 Å². The number of hydrogen-bond acceptors (Lipinski definition) is 6. The van der Waals surface area contributed by atoms with Crippen LogP contribution >= 0.6 is 23.1 Å². The maximum Gasteiger partial charge on any atom is 0.230 e. The molecule has 112 valence electrons. The van der Waals surface area contributed by atoms with Crippen LogP contribution in [0.2, 0.25) is 0 Å². The fraction of sp³-hybridized carbons (Fsp3) is 0.357. The van der Waals surface area contributed by atoms with Crippen molar-refractivity contribution in [3.8, 4) is 0 Å². The Labute approximate surface area is 132 Å². The van der Waals surface area contributed by atoms with E-state index in [0.29, 0.717) is 12.3 Å². The Bertz CT molecular complexity index is 600. The average Bonchev–Trinajstić information content (AvgIpc) is 2.95. The van der Waals surface area contributed by atoms with Gasteiger partial charge in [0, 0.05) is 13.6 Å². The molecule has 0 aliphatic heterocycles. The summed E-state index contributed by atoms with van der Waals surface area (Å²) in [5.41, 5.74) is 2.53. The lowest BCUT2D eigenvalue weighted by atomic mass is 10.1. The van der Waals surface area contributed by atoms with Crippen LogP contribution in [0.15, 0.2) is 28.6 Å². The van der Waals surface area contributed by atoms with Crippen molar-refractivity contribution in [1.29, 1.82) is 0 Å². The maximum atomic E-state index is 11.8. The van der Waals surface area contributed by atoms with Crippen LogP contribution in [0.25, 0.3) is 0 Å². The van der Waals surface area contributed by atoms with E-state index in [-0.39, 0.29) is 5.91 Å². The maximum absolute atomic E-state index is 11.8. The van der Waals surface area contributed by atoms with Gasteiger partial charge in [-0.05, 0) is 24.5 Å². The molecule has 5 nitrogen and oxygen atoms in total. The lowest BCUT2D eigenvalue weighted by molar-refractivity contribution is -0.118. The van der Waals surface area contributed by atoms with Crippen molar-refractivity contribution in [2.75, 3.05) is 24.7 Å². The van der Waals surface area contributed by atoms with Gasteiger partial charge in [-0.25, -0.2) is 0 Å². The predicted molar refractivity (Wildman–Crippen MR) is 88.1 cm³/mol. The van der Waals surface area contributed by atoms with Crippen LogP contribution in [-0.4, -0.2) is 35.4 Å². The number of carbonyl (C=O) groups excluding carboxylic acids is 1. The summed E-state index contributed by atoms with van der Waals surface area (Å²) in [4.78, 5) is 11.8. The normalized spacial score (nSPS) is 10.4. The molecule has 1 amide bonds. The first kappa shape index (κ1) is 15.8. The lowest BCUT2D eigenvalue weighted by Gasteiger charge is -2.06. The van der Waals surface area contributed by atoms with Crippen LogP contribution in [0.5, 0.6) is 0 Å². The Kier molecular flexibility index (Phi) is 6.01. The summed E-state index contributed by atoms with van der Waals surface area (Å²) >= 11 is 2.85. The average molecular weight is 322 g/mol. The molecule has 0 saturated carbocycles. The molecule has 0 spiro atoms. The highest BCUT2D eigenvalue weighted by Gasteiger charge is 2.07. The Hall–Kier alpha value is -1.60. The standard InChI is InChI=1S/C14H18N4OS2/c1-10-5-3-4-6-11(10)7-8-16-12(19)9-20-14-18-17-13(15-2)21-14/h3-6H,7-9H2,1-2H3,(H,15,17)(H,16,19). The Morgan fingerprint density at radius 2 is 2.14 bits per heavy atom. The zero-order valence-electron chi connectivity index (χ0n) is 12.0. The summed E-state index contributed by atoms with van der Waals surface area (Å²) in [6.07, 6.45) is 0.853. The fourth-order valence-corrected chi connectivity index (χ4v) is 3.31. The first-order chi connectivity index (χ1) is 10.2. The Morgan fingerprint density at radius 1 is 1.33 bits per heavy atom. The van der Waals surface area contributed by atoms with E-state index in [1.165, 1.54) is 34.2 Å². The molecule has 0 atom stereocenters. The number of anilines is 1. The highest BCUT2D eigenvalue weighted by Crippen LogP contribution is 2.24. The van der Waals surface area contributed by atoms with Crippen molar-refractivity contribution in [1.82, 2.24) is 15.5 Å². The van der Waals surface area contributed by atoms with Crippen LogP contribution in [0, 0.1) is 6.92 Å². The first-order valence-electron chi connectivity index (χ1n) is 6.64. The van der Waals surface area contributed by atoms with Crippen molar-refractivity contribution in [2.45, 2.75) is 17.7 Å². The van der Waals surface area contributed by atoms with Crippen LogP contribution in [0.4, 0.5) is 5.13 Å². The quantitative estimate of drug-likeness (QED) is 0.766. The van der Waals surface area contributed by atoms with E-state index >= 15 is 0 Å². The molecule has 0 bridgehead atoms. The van der Waals surface area contributed by atoms with Crippen molar-refractivity contribution in [3.05, 3.63) is 35.4 Å². The molecule has 2 aromatic rings. The predicted octanol–water partition coefficient (Wildman–Crippen LogP) is 2.34. The number of aromatic nitrogens is 2. The third kappa shape index (κ3) is 5.02. The molecule has 0 aliphatic carbocycles. The SMILES string of the molecule is CNc1nnc(SCC(=O)NCCc2ccccc2C)s1. The van der Waals surface area contributed by atoms with Crippen molar-refractivity contribution in [2.24, 2.45) is 0 Å². The number of nitrogens with zero attached hydrogens (tertiary/aromatic N) is 2. The lowest BCUT2D eigenvalue weighted by Crippen LogP contribution is -2.27. The van der Waals surface area contributed by atoms with E-state index in [1.54, 1.807) is 7.05 Å². The number of rotatable bonds is 7. The smallest absolute Gasteiger partial charge is 0.230 e.